The van der Waals surface area contributed by atoms with Gasteiger partial charge in [0.1, 0.15) is 11.4 Å². The molecule has 6 nitrogen and oxygen atoms in total. The summed E-state index contributed by atoms with van der Waals surface area (Å²) in [6, 6.07) is 15.6. The minimum absolute atomic E-state index is 0.0625. The quantitative estimate of drug-likeness (QED) is 0.615. The van der Waals surface area contributed by atoms with Crippen LogP contribution in [0.5, 0.6) is 5.75 Å². The second kappa shape index (κ2) is 7.98. The maximum atomic E-state index is 11.4. The first-order valence-electron chi connectivity index (χ1n) is 8.59. The van der Waals surface area contributed by atoms with E-state index in [1.54, 1.807) is 12.1 Å². The molecular formula is C19H23N3O3. The van der Waals surface area contributed by atoms with E-state index < -0.39 is 0 Å². The summed E-state index contributed by atoms with van der Waals surface area (Å²) in [6.07, 6.45) is 0.969. The summed E-state index contributed by atoms with van der Waals surface area (Å²) in [5.74, 6) is 0.525. The molecule has 2 aromatic carbocycles. The summed E-state index contributed by atoms with van der Waals surface area (Å²) in [5, 5.41) is 14.7. The predicted octanol–water partition coefficient (Wildman–Crippen LogP) is 3.68. The van der Waals surface area contributed by atoms with Crippen molar-refractivity contribution in [1.29, 1.82) is 0 Å². The van der Waals surface area contributed by atoms with Gasteiger partial charge in [0.25, 0.3) is 5.69 Å². The molecule has 6 heteroatoms. The molecule has 0 aromatic heterocycles. The number of rotatable bonds is 7. The second-order valence-corrected chi connectivity index (χ2v) is 6.22. The number of hydrogen-bond donors (Lipinski definition) is 1. The standard InChI is InChI=1S/C19H23N3O3/c1-2-25-17-8-9-18(19(12-17)22(23)24)20-16-10-11-21(14-16)13-15-6-4-3-5-7-15/h3-9,12,16,20H,2,10-11,13-14H2,1H3. The Morgan fingerprint density at radius 1 is 1.28 bits per heavy atom. The zero-order chi connectivity index (χ0) is 17.6. The van der Waals surface area contributed by atoms with Gasteiger partial charge in [0.2, 0.25) is 0 Å². The Morgan fingerprint density at radius 2 is 2.08 bits per heavy atom. The summed E-state index contributed by atoms with van der Waals surface area (Å²) < 4.78 is 5.36. The zero-order valence-electron chi connectivity index (χ0n) is 14.4. The molecule has 0 spiro atoms. The fourth-order valence-corrected chi connectivity index (χ4v) is 3.20. The van der Waals surface area contributed by atoms with Crippen LogP contribution in [0.1, 0.15) is 18.9 Å². The summed E-state index contributed by atoms with van der Waals surface area (Å²) in [6.45, 7) is 5.11. The summed E-state index contributed by atoms with van der Waals surface area (Å²) >= 11 is 0. The molecule has 0 radical (unpaired) electrons. The third kappa shape index (κ3) is 4.48. The van der Waals surface area contributed by atoms with Crippen LogP contribution in [0.3, 0.4) is 0 Å². The van der Waals surface area contributed by atoms with Crippen LogP contribution in [0.15, 0.2) is 48.5 Å². The monoisotopic (exact) mass is 341 g/mol. The first-order valence-corrected chi connectivity index (χ1v) is 8.59. The SMILES string of the molecule is CCOc1ccc(NC2CCN(Cc3ccccc3)C2)c([N+](=O)[O-])c1. The van der Waals surface area contributed by atoms with Crippen LogP contribution in [0.2, 0.25) is 0 Å². The zero-order valence-corrected chi connectivity index (χ0v) is 14.4. The third-order valence-corrected chi connectivity index (χ3v) is 4.36. The van der Waals surface area contributed by atoms with Gasteiger partial charge in [-0.25, -0.2) is 0 Å². The largest absolute Gasteiger partial charge is 0.494 e. The molecule has 3 rings (SSSR count). The lowest BCUT2D eigenvalue weighted by atomic mass is 10.2. The number of likely N-dealkylation sites (tertiary alicyclic amines) is 1. The van der Waals surface area contributed by atoms with E-state index in [0.717, 1.165) is 26.1 Å². The van der Waals surface area contributed by atoms with E-state index in [1.807, 2.05) is 25.1 Å². The average molecular weight is 341 g/mol. The number of benzene rings is 2. The van der Waals surface area contributed by atoms with Crippen molar-refractivity contribution in [1.82, 2.24) is 4.90 Å². The van der Waals surface area contributed by atoms with Gasteiger partial charge in [-0.1, -0.05) is 30.3 Å². The fraction of sp³-hybridized carbons (Fsp3) is 0.368. The first-order chi connectivity index (χ1) is 12.2. The molecule has 1 aliphatic heterocycles. The molecule has 1 atom stereocenters. The number of anilines is 1. The van der Waals surface area contributed by atoms with Crippen molar-refractivity contribution in [3.63, 3.8) is 0 Å². The Kier molecular flexibility index (Phi) is 5.50. The lowest BCUT2D eigenvalue weighted by Crippen LogP contribution is -2.26. The Morgan fingerprint density at radius 3 is 2.80 bits per heavy atom. The number of nitro benzene ring substituents is 1. The molecule has 132 valence electrons. The third-order valence-electron chi connectivity index (χ3n) is 4.36. The minimum atomic E-state index is -0.360. The molecule has 0 amide bonds. The molecule has 1 heterocycles. The topological polar surface area (TPSA) is 67.6 Å². The van der Waals surface area contributed by atoms with Crippen molar-refractivity contribution in [3.8, 4) is 5.75 Å². The molecule has 1 aliphatic rings. The van der Waals surface area contributed by atoms with Gasteiger partial charge >= 0.3 is 0 Å². The van der Waals surface area contributed by atoms with E-state index in [4.69, 9.17) is 4.74 Å². The molecule has 0 bridgehead atoms. The molecule has 1 saturated heterocycles. The molecular weight excluding hydrogens is 318 g/mol. The van der Waals surface area contributed by atoms with E-state index in [9.17, 15) is 10.1 Å². The molecule has 1 N–H and O–H groups in total. The van der Waals surface area contributed by atoms with Gasteiger partial charge in [-0.2, -0.15) is 0 Å². The smallest absolute Gasteiger partial charge is 0.296 e. The van der Waals surface area contributed by atoms with Gasteiger partial charge in [0, 0.05) is 25.7 Å². The van der Waals surface area contributed by atoms with Crippen LogP contribution in [0.4, 0.5) is 11.4 Å². The van der Waals surface area contributed by atoms with Crippen LogP contribution in [-0.2, 0) is 6.54 Å². The van der Waals surface area contributed by atoms with Gasteiger partial charge in [-0.05, 0) is 31.0 Å². The van der Waals surface area contributed by atoms with Crippen LogP contribution in [-0.4, -0.2) is 35.6 Å². The van der Waals surface area contributed by atoms with E-state index in [0.29, 0.717) is 18.0 Å². The lowest BCUT2D eigenvalue weighted by Gasteiger charge is -2.17. The van der Waals surface area contributed by atoms with E-state index in [-0.39, 0.29) is 16.7 Å². The number of ether oxygens (including phenoxy) is 1. The number of nitrogens with zero attached hydrogens (tertiary/aromatic N) is 2. The summed E-state index contributed by atoms with van der Waals surface area (Å²) in [7, 11) is 0. The van der Waals surface area contributed by atoms with Gasteiger partial charge in [0.15, 0.2) is 0 Å². The highest BCUT2D eigenvalue weighted by molar-refractivity contribution is 5.64. The number of nitro groups is 1. The number of nitrogens with one attached hydrogen (secondary N) is 1. The predicted molar refractivity (Wildman–Crippen MR) is 98.0 cm³/mol. The molecule has 0 saturated carbocycles. The van der Waals surface area contributed by atoms with Crippen molar-refractivity contribution < 1.29 is 9.66 Å². The molecule has 0 aliphatic carbocycles. The molecule has 1 unspecified atom stereocenters. The van der Waals surface area contributed by atoms with E-state index in [2.05, 4.69) is 22.3 Å². The van der Waals surface area contributed by atoms with E-state index >= 15 is 0 Å². The van der Waals surface area contributed by atoms with Crippen molar-refractivity contribution in [2.24, 2.45) is 0 Å². The van der Waals surface area contributed by atoms with Gasteiger partial charge < -0.3 is 10.1 Å². The van der Waals surface area contributed by atoms with Gasteiger partial charge in [-0.15, -0.1) is 0 Å². The Hall–Kier alpha value is -2.60. The fourth-order valence-electron chi connectivity index (χ4n) is 3.20. The normalized spacial score (nSPS) is 17.4. The van der Waals surface area contributed by atoms with Crippen molar-refractivity contribution >= 4 is 11.4 Å². The summed E-state index contributed by atoms with van der Waals surface area (Å²) in [4.78, 5) is 13.4. The molecule has 25 heavy (non-hydrogen) atoms. The van der Waals surface area contributed by atoms with Crippen LogP contribution in [0.25, 0.3) is 0 Å². The van der Waals surface area contributed by atoms with Crippen molar-refractivity contribution in [3.05, 3.63) is 64.2 Å². The highest BCUT2D eigenvalue weighted by Gasteiger charge is 2.25. The minimum Gasteiger partial charge on any atom is -0.494 e. The van der Waals surface area contributed by atoms with Gasteiger partial charge in [0.05, 0.1) is 17.6 Å². The maximum Gasteiger partial charge on any atom is 0.296 e. The maximum absolute atomic E-state index is 11.4. The summed E-state index contributed by atoms with van der Waals surface area (Å²) in [5.41, 5.74) is 1.91. The van der Waals surface area contributed by atoms with Crippen molar-refractivity contribution in [2.45, 2.75) is 25.9 Å². The van der Waals surface area contributed by atoms with E-state index in [1.165, 1.54) is 11.6 Å². The van der Waals surface area contributed by atoms with Crippen LogP contribution >= 0.6 is 0 Å². The van der Waals surface area contributed by atoms with Crippen molar-refractivity contribution in [2.75, 3.05) is 25.0 Å². The molecule has 2 aromatic rings. The highest BCUT2D eigenvalue weighted by Crippen LogP contribution is 2.30. The average Bonchev–Trinajstić information content (AvgIpc) is 3.04. The number of hydrogen-bond acceptors (Lipinski definition) is 5. The highest BCUT2D eigenvalue weighted by atomic mass is 16.6. The van der Waals surface area contributed by atoms with Crippen LogP contribution < -0.4 is 10.1 Å². The molecule has 1 fully saturated rings. The van der Waals surface area contributed by atoms with Crippen LogP contribution in [0, 0.1) is 10.1 Å². The Labute approximate surface area is 147 Å². The Bertz CT molecular complexity index is 721. The second-order valence-electron chi connectivity index (χ2n) is 6.22. The Balaban J connectivity index is 1.64. The lowest BCUT2D eigenvalue weighted by molar-refractivity contribution is -0.384. The van der Waals surface area contributed by atoms with Gasteiger partial charge in [-0.3, -0.25) is 15.0 Å². The first kappa shape index (κ1) is 17.2.